The van der Waals surface area contributed by atoms with E-state index in [0.29, 0.717) is 42.2 Å². The second kappa shape index (κ2) is 12.9. The van der Waals surface area contributed by atoms with Crippen molar-refractivity contribution < 1.29 is 19.1 Å². The molecule has 46 heavy (non-hydrogen) atoms. The number of hydrogen-bond acceptors (Lipinski definition) is 8. The Morgan fingerprint density at radius 3 is 2.65 bits per heavy atom. The van der Waals surface area contributed by atoms with Crippen molar-refractivity contribution in [3.8, 4) is 17.1 Å². The number of benzene rings is 1. The van der Waals surface area contributed by atoms with Gasteiger partial charge in [-0.1, -0.05) is 13.0 Å². The zero-order chi connectivity index (χ0) is 32.6. The molecule has 4 aromatic rings. The summed E-state index contributed by atoms with van der Waals surface area (Å²) in [4.78, 5) is 38.3. The molecule has 1 amide bonds. The molecule has 3 aromatic heterocycles. The van der Waals surface area contributed by atoms with Gasteiger partial charge < -0.3 is 14.0 Å². The number of ether oxygens (including phenoxy) is 2. The zero-order valence-corrected chi connectivity index (χ0v) is 27.8. The second-order valence-electron chi connectivity index (χ2n) is 13.9. The number of carbonyl (C=O) groups is 2. The number of aromatic nitrogens is 5. The molecule has 1 fully saturated rings. The minimum Gasteiger partial charge on any atom is -0.477 e. The lowest BCUT2D eigenvalue weighted by Gasteiger charge is -2.32. The molecule has 1 N–H and O–H groups in total. The molecule has 5 heterocycles. The van der Waals surface area contributed by atoms with Crippen molar-refractivity contribution in [3.63, 3.8) is 0 Å². The summed E-state index contributed by atoms with van der Waals surface area (Å²) in [7, 11) is 1.85. The first-order chi connectivity index (χ1) is 21.9. The van der Waals surface area contributed by atoms with Gasteiger partial charge in [-0.25, -0.2) is 9.67 Å². The lowest BCUT2D eigenvalue weighted by atomic mass is 9.96. The third kappa shape index (κ3) is 7.09. The lowest BCUT2D eigenvalue weighted by Crippen LogP contribution is -2.38. The molecule has 244 valence electrons. The number of likely N-dealkylation sites (tertiary alicyclic amines) is 1. The molecule has 1 atom stereocenters. The van der Waals surface area contributed by atoms with Gasteiger partial charge in [0.05, 0.1) is 41.0 Å². The van der Waals surface area contributed by atoms with Crippen molar-refractivity contribution >= 4 is 28.9 Å². The van der Waals surface area contributed by atoms with Gasteiger partial charge in [0.2, 0.25) is 11.8 Å². The minimum atomic E-state index is -0.464. The van der Waals surface area contributed by atoms with Crippen LogP contribution in [0.1, 0.15) is 75.0 Å². The Morgan fingerprint density at radius 2 is 1.89 bits per heavy atom. The van der Waals surface area contributed by atoms with Crippen molar-refractivity contribution in [1.29, 1.82) is 0 Å². The van der Waals surface area contributed by atoms with E-state index in [1.54, 1.807) is 23.0 Å². The molecule has 11 nitrogen and oxygen atoms in total. The van der Waals surface area contributed by atoms with Gasteiger partial charge in [-0.05, 0) is 102 Å². The predicted molar refractivity (Wildman–Crippen MR) is 177 cm³/mol. The van der Waals surface area contributed by atoms with Crippen LogP contribution in [0.25, 0.3) is 22.3 Å². The number of esters is 1. The Labute approximate surface area is 270 Å². The van der Waals surface area contributed by atoms with Crippen molar-refractivity contribution in [2.75, 3.05) is 25.0 Å². The number of anilines is 1. The number of nitrogens with zero attached hydrogens (tertiary/aromatic N) is 6. The average Bonchev–Trinajstić information content (AvgIpc) is 3.53. The van der Waals surface area contributed by atoms with Gasteiger partial charge in [0, 0.05) is 31.4 Å². The van der Waals surface area contributed by atoms with Crippen LogP contribution in [0.2, 0.25) is 0 Å². The van der Waals surface area contributed by atoms with Gasteiger partial charge in [0.25, 0.3) is 5.91 Å². The largest absolute Gasteiger partial charge is 0.477 e. The lowest BCUT2D eigenvalue weighted by molar-refractivity contribution is -0.161. The van der Waals surface area contributed by atoms with Crippen molar-refractivity contribution in [1.82, 2.24) is 29.2 Å². The van der Waals surface area contributed by atoms with Gasteiger partial charge in [-0.2, -0.15) is 5.10 Å². The predicted octanol–water partition coefficient (Wildman–Crippen LogP) is 5.75. The summed E-state index contributed by atoms with van der Waals surface area (Å²) < 4.78 is 15.7. The summed E-state index contributed by atoms with van der Waals surface area (Å²) in [5.74, 6) is 1.11. The highest BCUT2D eigenvalue weighted by Gasteiger charge is 2.29. The van der Waals surface area contributed by atoms with Gasteiger partial charge in [0.15, 0.2) is 0 Å². The molecular formula is C35H45N7O4. The van der Waals surface area contributed by atoms with E-state index in [1.807, 2.05) is 40.8 Å². The summed E-state index contributed by atoms with van der Waals surface area (Å²) in [5, 5.41) is 7.51. The fourth-order valence-electron chi connectivity index (χ4n) is 6.41. The molecule has 2 aliphatic heterocycles. The fourth-order valence-corrected chi connectivity index (χ4v) is 6.41. The number of imidazole rings is 1. The number of aryl methyl sites for hydroxylation is 2. The molecule has 11 heteroatoms. The summed E-state index contributed by atoms with van der Waals surface area (Å²) in [6.45, 7) is 13.6. The maximum absolute atomic E-state index is 13.7. The zero-order valence-electron chi connectivity index (χ0n) is 27.8. The summed E-state index contributed by atoms with van der Waals surface area (Å²) in [5.41, 5.74) is 5.17. The Morgan fingerprint density at radius 1 is 1.11 bits per heavy atom. The van der Waals surface area contributed by atoms with E-state index in [1.165, 1.54) is 5.56 Å². The first kappa shape index (κ1) is 31.7. The van der Waals surface area contributed by atoms with E-state index in [4.69, 9.17) is 19.4 Å². The van der Waals surface area contributed by atoms with Crippen molar-refractivity contribution in [2.45, 2.75) is 79.0 Å². The minimum absolute atomic E-state index is 0.0480. The van der Waals surface area contributed by atoms with Crippen LogP contribution in [0.5, 0.6) is 5.88 Å². The molecule has 2 bridgehead atoms. The third-order valence-corrected chi connectivity index (χ3v) is 8.72. The number of pyridine rings is 1. The highest BCUT2D eigenvalue weighted by molar-refractivity contribution is 6.04. The summed E-state index contributed by atoms with van der Waals surface area (Å²) >= 11 is 0. The van der Waals surface area contributed by atoms with Gasteiger partial charge in [-0.3, -0.25) is 24.8 Å². The second-order valence-corrected chi connectivity index (χ2v) is 13.9. The Kier molecular flexibility index (Phi) is 8.87. The number of amides is 1. The molecule has 2 aliphatic rings. The van der Waals surface area contributed by atoms with E-state index in [2.05, 4.69) is 38.9 Å². The molecule has 1 saturated heterocycles. The highest BCUT2D eigenvalue weighted by atomic mass is 16.6. The van der Waals surface area contributed by atoms with Gasteiger partial charge >= 0.3 is 5.97 Å². The standard InChI is InChI=1S/C35H45N7O4/c1-22-8-7-15-45-32-27(19-36-40(32)6)29-18-26(16-23(2)37-29)31(43)39-34-38-28-10-9-24(17-30(28)42(34)20-22)21-41-13-11-25(12-14-41)33(44)46-35(3,4)5/h9-10,16-19,22,25H,7-8,11-15,20-21H2,1-6H3,(H,38,39,43)/t22-/m1/s1. The van der Waals surface area contributed by atoms with Crippen LogP contribution in [0.15, 0.2) is 36.5 Å². The van der Waals surface area contributed by atoms with E-state index in [0.717, 1.165) is 67.6 Å². The Hall–Kier alpha value is -4.25. The monoisotopic (exact) mass is 627 g/mol. The summed E-state index contributed by atoms with van der Waals surface area (Å²) in [6, 6.07) is 9.92. The Balaban J connectivity index is 1.25. The molecule has 0 aliphatic carbocycles. The van der Waals surface area contributed by atoms with E-state index < -0.39 is 5.60 Å². The van der Waals surface area contributed by atoms with Crippen LogP contribution in [0.3, 0.4) is 0 Å². The van der Waals surface area contributed by atoms with Crippen LogP contribution >= 0.6 is 0 Å². The SMILES string of the molecule is Cc1cc2cc(n1)-c1cnn(C)c1OCCC[C@@H](C)Cn1c(nc3ccc(CN4CCC(C(=O)OC(C)(C)C)CC4)cc31)NC2=O. The summed E-state index contributed by atoms with van der Waals surface area (Å²) in [6.07, 6.45) is 5.14. The topological polar surface area (TPSA) is 116 Å². The number of hydrogen-bond donors (Lipinski definition) is 1. The molecule has 1 aromatic carbocycles. The average molecular weight is 628 g/mol. The number of piperidine rings is 1. The number of nitrogens with one attached hydrogen (secondary N) is 1. The number of fused-ring (bicyclic) bond motifs is 7. The first-order valence-corrected chi connectivity index (χ1v) is 16.3. The van der Waals surface area contributed by atoms with Crippen molar-refractivity contribution in [3.05, 3.63) is 53.3 Å². The highest BCUT2D eigenvalue weighted by Crippen LogP contribution is 2.31. The third-order valence-electron chi connectivity index (χ3n) is 8.72. The normalized spacial score (nSPS) is 18.6. The maximum atomic E-state index is 13.7. The van der Waals surface area contributed by atoms with Crippen LogP contribution in [-0.4, -0.2) is 66.4 Å². The quantitative estimate of drug-likeness (QED) is 0.285. The smallest absolute Gasteiger partial charge is 0.309 e. The van der Waals surface area contributed by atoms with Crippen LogP contribution in [-0.2, 0) is 29.7 Å². The van der Waals surface area contributed by atoms with Crippen LogP contribution < -0.4 is 10.1 Å². The van der Waals surface area contributed by atoms with E-state index in [9.17, 15) is 9.59 Å². The molecule has 0 unspecified atom stereocenters. The Bertz CT molecular complexity index is 1740. The molecule has 0 spiro atoms. The molecular weight excluding hydrogens is 582 g/mol. The van der Waals surface area contributed by atoms with Gasteiger partial charge in [-0.15, -0.1) is 0 Å². The molecule has 0 saturated carbocycles. The van der Waals surface area contributed by atoms with Gasteiger partial charge in [0.1, 0.15) is 5.60 Å². The first-order valence-electron chi connectivity index (χ1n) is 16.3. The maximum Gasteiger partial charge on any atom is 0.309 e. The van der Waals surface area contributed by atoms with E-state index >= 15 is 0 Å². The van der Waals surface area contributed by atoms with E-state index in [-0.39, 0.29) is 17.8 Å². The number of carbonyl (C=O) groups excluding carboxylic acids is 2. The fraction of sp³-hybridized carbons (Fsp3) is 0.514. The van der Waals surface area contributed by atoms with Crippen LogP contribution in [0, 0.1) is 18.8 Å². The molecule has 6 rings (SSSR count). The number of rotatable bonds is 3. The van der Waals surface area contributed by atoms with Crippen molar-refractivity contribution in [2.24, 2.45) is 18.9 Å². The molecule has 0 radical (unpaired) electrons. The van der Waals surface area contributed by atoms with Crippen LogP contribution in [0.4, 0.5) is 5.95 Å².